The van der Waals surface area contributed by atoms with Gasteiger partial charge in [0.2, 0.25) is 0 Å². The first-order valence-corrected chi connectivity index (χ1v) is 9.95. The van der Waals surface area contributed by atoms with Crippen molar-refractivity contribution < 1.29 is 4.79 Å². The van der Waals surface area contributed by atoms with Crippen LogP contribution in [0.25, 0.3) is 5.65 Å². The molecule has 144 valence electrons. The van der Waals surface area contributed by atoms with Crippen molar-refractivity contribution in [3.05, 3.63) is 48.3 Å². The van der Waals surface area contributed by atoms with Gasteiger partial charge in [0.05, 0.1) is 12.4 Å². The van der Waals surface area contributed by atoms with Crippen molar-refractivity contribution in [1.29, 1.82) is 0 Å². The van der Waals surface area contributed by atoms with Gasteiger partial charge < -0.3 is 9.80 Å². The number of nitrogens with zero attached hydrogens (tertiary/aromatic N) is 7. The largest absolute Gasteiger partial charge is 0.355 e. The second kappa shape index (κ2) is 7.18. The third-order valence-corrected chi connectivity index (χ3v) is 5.76. The summed E-state index contributed by atoms with van der Waals surface area (Å²) in [5.41, 5.74) is 1.34. The van der Waals surface area contributed by atoms with E-state index in [2.05, 4.69) is 29.5 Å². The number of piperidine rings is 1. The third kappa shape index (κ3) is 3.08. The molecular formula is C20H23N7O. The van der Waals surface area contributed by atoms with Crippen LogP contribution in [-0.2, 0) is 0 Å². The van der Waals surface area contributed by atoms with E-state index < -0.39 is 0 Å². The molecule has 0 saturated carbocycles. The van der Waals surface area contributed by atoms with Gasteiger partial charge in [-0.15, -0.1) is 10.2 Å². The summed E-state index contributed by atoms with van der Waals surface area (Å²) in [6.07, 6.45) is 9.46. The van der Waals surface area contributed by atoms with E-state index >= 15 is 0 Å². The van der Waals surface area contributed by atoms with Gasteiger partial charge in [-0.3, -0.25) is 14.2 Å². The Balaban J connectivity index is 1.29. The maximum atomic E-state index is 12.6. The van der Waals surface area contributed by atoms with Crippen LogP contribution in [0.15, 0.2) is 36.8 Å². The lowest BCUT2D eigenvalue weighted by Crippen LogP contribution is -2.35. The molecule has 0 aliphatic carbocycles. The number of fused-ring (bicyclic) bond motifs is 1. The van der Waals surface area contributed by atoms with Gasteiger partial charge in [-0.05, 0) is 37.8 Å². The molecule has 2 fully saturated rings. The predicted molar refractivity (Wildman–Crippen MR) is 104 cm³/mol. The highest BCUT2D eigenvalue weighted by atomic mass is 16.2. The first kappa shape index (κ1) is 17.1. The molecule has 0 aromatic carbocycles. The number of anilines is 1. The zero-order chi connectivity index (χ0) is 18.9. The predicted octanol–water partition coefficient (Wildman–Crippen LogP) is 2.14. The van der Waals surface area contributed by atoms with E-state index in [9.17, 15) is 4.79 Å². The molecule has 8 nitrogen and oxygen atoms in total. The Morgan fingerprint density at radius 2 is 1.82 bits per heavy atom. The summed E-state index contributed by atoms with van der Waals surface area (Å²) in [6, 6.07) is 5.96. The van der Waals surface area contributed by atoms with Crippen molar-refractivity contribution in [2.24, 2.45) is 0 Å². The molecular weight excluding hydrogens is 354 g/mol. The van der Waals surface area contributed by atoms with Crippen molar-refractivity contribution in [3.8, 4) is 0 Å². The summed E-state index contributed by atoms with van der Waals surface area (Å²) in [7, 11) is 0. The van der Waals surface area contributed by atoms with Gasteiger partial charge in [-0.25, -0.2) is 4.98 Å². The van der Waals surface area contributed by atoms with Crippen LogP contribution in [0.2, 0.25) is 0 Å². The number of likely N-dealkylation sites (tertiary alicyclic amines) is 1. The Kier molecular flexibility index (Phi) is 4.38. The smallest absolute Gasteiger partial charge is 0.274 e. The quantitative estimate of drug-likeness (QED) is 0.696. The number of hydrogen-bond acceptors (Lipinski definition) is 6. The molecule has 0 radical (unpaired) electrons. The maximum Gasteiger partial charge on any atom is 0.274 e. The zero-order valence-electron chi connectivity index (χ0n) is 15.7. The minimum Gasteiger partial charge on any atom is -0.355 e. The lowest BCUT2D eigenvalue weighted by atomic mass is 9.96. The minimum atomic E-state index is -0.00309. The summed E-state index contributed by atoms with van der Waals surface area (Å²) >= 11 is 0. The van der Waals surface area contributed by atoms with Crippen molar-refractivity contribution in [1.82, 2.24) is 29.5 Å². The highest BCUT2D eigenvalue weighted by Crippen LogP contribution is 2.29. The first-order chi connectivity index (χ1) is 13.8. The summed E-state index contributed by atoms with van der Waals surface area (Å²) in [6.45, 7) is 3.37. The fourth-order valence-electron chi connectivity index (χ4n) is 4.20. The molecule has 8 heteroatoms. The summed E-state index contributed by atoms with van der Waals surface area (Å²) in [4.78, 5) is 25.6. The van der Waals surface area contributed by atoms with E-state index in [0.717, 1.165) is 69.2 Å². The van der Waals surface area contributed by atoms with Crippen LogP contribution in [-0.4, -0.2) is 61.6 Å². The molecule has 3 aromatic rings. The topological polar surface area (TPSA) is 79.5 Å². The number of rotatable bonds is 3. The van der Waals surface area contributed by atoms with Crippen molar-refractivity contribution in [3.63, 3.8) is 0 Å². The minimum absolute atomic E-state index is 0.00309. The van der Waals surface area contributed by atoms with Crippen molar-refractivity contribution in [2.75, 3.05) is 31.1 Å². The number of pyridine rings is 1. The molecule has 3 aromatic heterocycles. The van der Waals surface area contributed by atoms with Crippen LogP contribution in [0.1, 0.15) is 47.9 Å². The maximum absolute atomic E-state index is 12.6. The number of hydrogen-bond donors (Lipinski definition) is 0. The van der Waals surface area contributed by atoms with Crippen LogP contribution < -0.4 is 4.90 Å². The monoisotopic (exact) mass is 377 g/mol. The summed E-state index contributed by atoms with van der Waals surface area (Å²) in [5.74, 6) is 2.18. The Morgan fingerprint density at radius 1 is 1.00 bits per heavy atom. The van der Waals surface area contributed by atoms with Crippen LogP contribution >= 0.6 is 0 Å². The Hall–Kier alpha value is -3.03. The van der Waals surface area contributed by atoms with Crippen LogP contribution in [0.5, 0.6) is 0 Å². The Labute approximate surface area is 163 Å². The standard InChI is InChI=1S/C20H23N7O/c28-20(26-8-3-4-9-26)16-13-21-14-18(22-16)25-11-6-15(7-12-25)19-24-23-17-5-1-2-10-27(17)19/h1-2,5,10,13-15H,3-4,6-9,11-12H2. The van der Waals surface area contributed by atoms with E-state index in [1.807, 2.05) is 29.3 Å². The SMILES string of the molecule is O=C(c1cncc(N2CCC(c3nnc4ccccn34)CC2)n1)N1CCCC1. The second-order valence-electron chi connectivity index (χ2n) is 7.51. The van der Waals surface area contributed by atoms with Crippen molar-refractivity contribution >= 4 is 17.4 Å². The van der Waals surface area contributed by atoms with E-state index in [-0.39, 0.29) is 5.91 Å². The lowest BCUT2D eigenvalue weighted by molar-refractivity contribution is 0.0786. The Bertz CT molecular complexity index is 987. The fraction of sp³-hybridized carbons (Fsp3) is 0.450. The molecule has 5 heterocycles. The van der Waals surface area contributed by atoms with Crippen LogP contribution in [0.4, 0.5) is 5.82 Å². The molecule has 0 unspecified atom stereocenters. The molecule has 0 N–H and O–H groups in total. The van der Waals surface area contributed by atoms with Crippen LogP contribution in [0, 0.1) is 0 Å². The average molecular weight is 377 g/mol. The third-order valence-electron chi connectivity index (χ3n) is 5.76. The number of amides is 1. The highest BCUT2D eigenvalue weighted by molar-refractivity contribution is 5.92. The molecule has 2 saturated heterocycles. The number of aromatic nitrogens is 5. The average Bonchev–Trinajstić information content (AvgIpc) is 3.44. The van der Waals surface area contributed by atoms with Gasteiger partial charge in [0.25, 0.3) is 5.91 Å². The fourth-order valence-corrected chi connectivity index (χ4v) is 4.20. The highest BCUT2D eigenvalue weighted by Gasteiger charge is 2.26. The molecule has 2 aliphatic heterocycles. The van der Waals surface area contributed by atoms with E-state index in [1.54, 1.807) is 12.4 Å². The van der Waals surface area contributed by atoms with Gasteiger partial charge >= 0.3 is 0 Å². The second-order valence-corrected chi connectivity index (χ2v) is 7.51. The molecule has 0 atom stereocenters. The van der Waals surface area contributed by atoms with E-state index in [0.29, 0.717) is 11.6 Å². The molecule has 28 heavy (non-hydrogen) atoms. The van der Waals surface area contributed by atoms with Crippen molar-refractivity contribution in [2.45, 2.75) is 31.6 Å². The number of carbonyl (C=O) groups is 1. The molecule has 0 bridgehead atoms. The zero-order valence-corrected chi connectivity index (χ0v) is 15.7. The molecule has 2 aliphatic rings. The molecule has 5 rings (SSSR count). The summed E-state index contributed by atoms with van der Waals surface area (Å²) in [5, 5.41) is 8.69. The number of carbonyl (C=O) groups excluding carboxylic acids is 1. The lowest BCUT2D eigenvalue weighted by Gasteiger charge is -2.32. The Morgan fingerprint density at radius 3 is 2.64 bits per heavy atom. The van der Waals surface area contributed by atoms with E-state index in [1.165, 1.54) is 0 Å². The van der Waals surface area contributed by atoms with Gasteiger partial charge in [0.1, 0.15) is 17.3 Å². The molecule has 1 amide bonds. The molecule has 0 spiro atoms. The van der Waals surface area contributed by atoms with Gasteiger partial charge in [0, 0.05) is 38.3 Å². The van der Waals surface area contributed by atoms with Gasteiger partial charge in [-0.2, -0.15) is 0 Å². The van der Waals surface area contributed by atoms with Gasteiger partial charge in [0.15, 0.2) is 5.65 Å². The summed E-state index contributed by atoms with van der Waals surface area (Å²) < 4.78 is 2.08. The van der Waals surface area contributed by atoms with E-state index in [4.69, 9.17) is 0 Å². The van der Waals surface area contributed by atoms with Gasteiger partial charge in [-0.1, -0.05) is 6.07 Å². The van der Waals surface area contributed by atoms with Crippen LogP contribution in [0.3, 0.4) is 0 Å². The first-order valence-electron chi connectivity index (χ1n) is 9.95. The normalized spacial score (nSPS) is 18.1.